The molecule has 170 valence electrons. The van der Waals surface area contributed by atoms with Crippen molar-refractivity contribution in [1.29, 1.82) is 0 Å². The minimum Gasteiger partial charge on any atom is -0.379 e. The van der Waals surface area contributed by atoms with Crippen molar-refractivity contribution in [2.45, 2.75) is 57.1 Å². The molecule has 7 nitrogen and oxygen atoms in total. The van der Waals surface area contributed by atoms with Gasteiger partial charge in [0, 0.05) is 0 Å². The van der Waals surface area contributed by atoms with Gasteiger partial charge < -0.3 is 9.50 Å². The molecule has 1 fully saturated rings. The van der Waals surface area contributed by atoms with Crippen LogP contribution < -0.4 is 9.50 Å². The van der Waals surface area contributed by atoms with E-state index in [-0.39, 0.29) is 21.8 Å². The first-order valence-electron chi connectivity index (χ1n) is 10.4. The summed E-state index contributed by atoms with van der Waals surface area (Å²) in [6, 6.07) is 10.2. The largest absolute Gasteiger partial charge is 0.379 e. The SMILES string of the molecule is CCCC[C@H]1S/C(=N\N=C/c2cccc(OS(=O)(=O)c3c(C)cc(C)cc3C)c2)NC1=O. The van der Waals surface area contributed by atoms with Crippen molar-refractivity contribution >= 4 is 39.2 Å². The van der Waals surface area contributed by atoms with Crippen LogP contribution in [0.1, 0.15) is 48.4 Å². The summed E-state index contributed by atoms with van der Waals surface area (Å²) >= 11 is 1.38. The highest BCUT2D eigenvalue weighted by Gasteiger charge is 2.29. The Labute approximate surface area is 193 Å². The van der Waals surface area contributed by atoms with Gasteiger partial charge in [0.25, 0.3) is 0 Å². The Hall–Kier alpha value is -2.65. The van der Waals surface area contributed by atoms with Crippen molar-refractivity contribution in [3.63, 3.8) is 0 Å². The number of nitrogens with one attached hydrogen (secondary N) is 1. The topological polar surface area (TPSA) is 97.2 Å². The van der Waals surface area contributed by atoms with Gasteiger partial charge in [-0.25, -0.2) is 0 Å². The van der Waals surface area contributed by atoms with E-state index in [9.17, 15) is 13.2 Å². The number of unbranched alkanes of at least 4 members (excludes halogenated alkanes) is 1. The molecule has 0 bridgehead atoms. The van der Waals surface area contributed by atoms with E-state index < -0.39 is 10.1 Å². The maximum absolute atomic E-state index is 12.9. The van der Waals surface area contributed by atoms with Crippen molar-refractivity contribution in [3.8, 4) is 5.75 Å². The predicted molar refractivity (Wildman–Crippen MR) is 129 cm³/mol. The summed E-state index contributed by atoms with van der Waals surface area (Å²) in [6.45, 7) is 7.52. The number of carbonyl (C=O) groups excluding carboxylic acids is 1. The zero-order valence-electron chi connectivity index (χ0n) is 18.6. The van der Waals surface area contributed by atoms with Crippen LogP contribution in [-0.4, -0.2) is 31.0 Å². The Morgan fingerprint density at radius 1 is 1.16 bits per heavy atom. The standard InChI is InChI=1S/C23H27N3O4S2/c1-5-6-10-20-22(27)25-23(31-20)26-24-14-18-8-7-9-19(13-18)30-32(28,29)21-16(3)11-15(2)12-17(21)4/h7-9,11-14,20H,5-6,10H2,1-4H3,(H,25,26,27)/b24-14-/t20-/m1/s1. The van der Waals surface area contributed by atoms with Crippen molar-refractivity contribution in [3.05, 3.63) is 58.7 Å². The number of hydrogen-bond donors (Lipinski definition) is 1. The molecule has 2 aromatic rings. The molecule has 2 aromatic carbocycles. The van der Waals surface area contributed by atoms with Gasteiger partial charge in [0.1, 0.15) is 10.6 Å². The molecule has 1 amide bonds. The highest BCUT2D eigenvalue weighted by atomic mass is 32.2. The van der Waals surface area contributed by atoms with Gasteiger partial charge in [-0.1, -0.05) is 61.4 Å². The van der Waals surface area contributed by atoms with Crippen LogP contribution in [0, 0.1) is 20.8 Å². The molecule has 0 saturated carbocycles. The number of hydrogen-bond acceptors (Lipinski definition) is 7. The molecule has 1 N–H and O–H groups in total. The van der Waals surface area contributed by atoms with Crippen LogP contribution in [0.15, 0.2) is 51.5 Å². The maximum Gasteiger partial charge on any atom is 0.339 e. The number of amides is 1. The van der Waals surface area contributed by atoms with E-state index in [2.05, 4.69) is 22.4 Å². The number of amidine groups is 1. The Balaban J connectivity index is 1.72. The molecule has 1 aliphatic rings. The first-order valence-corrected chi connectivity index (χ1v) is 12.7. The molecule has 1 heterocycles. The second-order valence-electron chi connectivity index (χ2n) is 7.73. The highest BCUT2D eigenvalue weighted by molar-refractivity contribution is 8.15. The van der Waals surface area contributed by atoms with Crippen LogP contribution in [0.25, 0.3) is 0 Å². The van der Waals surface area contributed by atoms with E-state index in [0.717, 1.165) is 24.8 Å². The maximum atomic E-state index is 12.9. The van der Waals surface area contributed by atoms with E-state index in [1.807, 2.05) is 19.1 Å². The Morgan fingerprint density at radius 3 is 2.56 bits per heavy atom. The summed E-state index contributed by atoms with van der Waals surface area (Å²) in [5.74, 6) is 0.142. The summed E-state index contributed by atoms with van der Waals surface area (Å²) in [6.07, 6.45) is 4.32. The lowest BCUT2D eigenvalue weighted by atomic mass is 10.1. The first-order chi connectivity index (χ1) is 15.2. The number of benzene rings is 2. The lowest BCUT2D eigenvalue weighted by Gasteiger charge is -2.13. The second kappa shape index (κ2) is 10.3. The first kappa shape index (κ1) is 24.0. The third kappa shape index (κ3) is 5.98. The molecule has 0 aliphatic carbocycles. The molecular weight excluding hydrogens is 446 g/mol. The van der Waals surface area contributed by atoms with Crippen molar-refractivity contribution < 1.29 is 17.4 Å². The summed E-state index contributed by atoms with van der Waals surface area (Å²) in [5.41, 5.74) is 2.90. The number of carbonyl (C=O) groups is 1. The number of thioether (sulfide) groups is 1. The minimum atomic E-state index is -3.98. The molecule has 32 heavy (non-hydrogen) atoms. The third-order valence-corrected chi connectivity index (χ3v) is 7.57. The van der Waals surface area contributed by atoms with Gasteiger partial charge in [0.2, 0.25) is 5.91 Å². The number of aryl methyl sites for hydroxylation is 3. The molecule has 0 radical (unpaired) electrons. The third-order valence-electron chi connectivity index (χ3n) is 4.87. The van der Waals surface area contributed by atoms with E-state index in [1.165, 1.54) is 18.0 Å². The van der Waals surface area contributed by atoms with Crippen LogP contribution in [0.5, 0.6) is 5.75 Å². The van der Waals surface area contributed by atoms with Gasteiger partial charge >= 0.3 is 10.1 Å². The summed E-state index contributed by atoms with van der Waals surface area (Å²) < 4.78 is 31.1. The summed E-state index contributed by atoms with van der Waals surface area (Å²) in [4.78, 5) is 12.1. The Bertz CT molecular complexity index is 1150. The fourth-order valence-electron chi connectivity index (χ4n) is 3.56. The molecule has 1 saturated heterocycles. The van der Waals surface area contributed by atoms with Crippen LogP contribution in [0.2, 0.25) is 0 Å². The quantitative estimate of drug-likeness (QED) is 0.346. The van der Waals surface area contributed by atoms with Gasteiger partial charge in [0.15, 0.2) is 5.17 Å². The molecular formula is C23H27N3O4S2. The monoisotopic (exact) mass is 473 g/mol. The summed E-state index contributed by atoms with van der Waals surface area (Å²) in [7, 11) is -3.98. The van der Waals surface area contributed by atoms with E-state index >= 15 is 0 Å². The van der Waals surface area contributed by atoms with Crippen LogP contribution >= 0.6 is 11.8 Å². The molecule has 0 unspecified atom stereocenters. The molecule has 1 atom stereocenters. The second-order valence-corrected chi connectivity index (χ2v) is 10.4. The zero-order chi connectivity index (χ0) is 23.3. The van der Waals surface area contributed by atoms with Gasteiger partial charge in [-0.3, -0.25) is 4.79 Å². The van der Waals surface area contributed by atoms with Gasteiger partial charge in [0.05, 0.1) is 11.5 Å². The minimum absolute atomic E-state index is 0.0419. The lowest BCUT2D eigenvalue weighted by molar-refractivity contribution is -0.118. The number of rotatable bonds is 8. The van der Waals surface area contributed by atoms with Crippen molar-refractivity contribution in [2.24, 2.45) is 10.2 Å². The molecule has 1 aliphatic heterocycles. The van der Waals surface area contributed by atoms with Gasteiger partial charge in [-0.2, -0.15) is 13.5 Å². The fourth-order valence-corrected chi connectivity index (χ4v) is 5.88. The Morgan fingerprint density at radius 2 is 1.88 bits per heavy atom. The van der Waals surface area contributed by atoms with Crippen LogP contribution in [-0.2, 0) is 14.9 Å². The predicted octanol–water partition coefficient (Wildman–Crippen LogP) is 4.49. The van der Waals surface area contributed by atoms with Crippen molar-refractivity contribution in [2.75, 3.05) is 0 Å². The molecule has 0 aromatic heterocycles. The number of nitrogens with zero attached hydrogens (tertiary/aromatic N) is 2. The average molecular weight is 474 g/mol. The van der Waals surface area contributed by atoms with Crippen LogP contribution in [0.3, 0.4) is 0 Å². The van der Waals surface area contributed by atoms with E-state index in [0.29, 0.717) is 21.9 Å². The average Bonchev–Trinajstić information content (AvgIpc) is 3.04. The lowest BCUT2D eigenvalue weighted by Crippen LogP contribution is -2.24. The van der Waals surface area contributed by atoms with Crippen LogP contribution in [0.4, 0.5) is 0 Å². The van der Waals surface area contributed by atoms with Gasteiger partial charge in [-0.05, 0) is 56.0 Å². The smallest absolute Gasteiger partial charge is 0.339 e. The highest BCUT2D eigenvalue weighted by Crippen LogP contribution is 2.26. The molecule has 3 rings (SSSR count). The zero-order valence-corrected chi connectivity index (χ0v) is 20.2. The van der Waals surface area contributed by atoms with E-state index in [1.54, 1.807) is 38.1 Å². The van der Waals surface area contributed by atoms with E-state index in [4.69, 9.17) is 4.18 Å². The summed E-state index contributed by atoms with van der Waals surface area (Å²) in [5, 5.41) is 11.2. The van der Waals surface area contributed by atoms with Gasteiger partial charge in [-0.15, -0.1) is 5.10 Å². The fraction of sp³-hybridized carbons (Fsp3) is 0.348. The Kier molecular flexibility index (Phi) is 7.73. The van der Waals surface area contributed by atoms with Crippen molar-refractivity contribution in [1.82, 2.24) is 5.32 Å². The molecule has 9 heteroatoms. The molecule has 0 spiro atoms. The normalized spacial score (nSPS) is 17.8.